The monoisotopic (exact) mass is 274 g/mol. The number of carbonyl (C=O) groups is 2. The average molecular weight is 274 g/mol. The van der Waals surface area contributed by atoms with E-state index < -0.39 is 5.97 Å². The van der Waals surface area contributed by atoms with E-state index in [2.05, 4.69) is 0 Å². The molecule has 1 aromatic rings. The average Bonchev–Trinajstić information content (AvgIpc) is 2.36. The molecule has 0 bridgehead atoms. The zero-order valence-corrected chi connectivity index (χ0v) is 11.9. The van der Waals surface area contributed by atoms with Crippen molar-refractivity contribution in [1.29, 1.82) is 0 Å². The topological polar surface area (TPSA) is 52.6 Å². The number of allylic oxidation sites excluding steroid dienone is 2. The molecule has 0 N–H and O–H groups in total. The summed E-state index contributed by atoms with van der Waals surface area (Å²) in [5, 5.41) is 0. The third-order valence-corrected chi connectivity index (χ3v) is 3.18. The quantitative estimate of drug-likeness (QED) is 0.795. The highest BCUT2D eigenvalue weighted by Crippen LogP contribution is 2.34. The van der Waals surface area contributed by atoms with Crippen LogP contribution in [0.4, 0.5) is 0 Å². The molecule has 1 aromatic carbocycles. The lowest BCUT2D eigenvalue weighted by Crippen LogP contribution is -2.23. The van der Waals surface area contributed by atoms with Crippen LogP contribution in [0, 0.1) is 5.41 Å². The Morgan fingerprint density at radius 3 is 2.35 bits per heavy atom. The molecule has 0 spiro atoms. The van der Waals surface area contributed by atoms with Gasteiger partial charge in [0, 0.05) is 18.9 Å². The van der Waals surface area contributed by atoms with Crippen LogP contribution in [-0.4, -0.2) is 18.9 Å². The van der Waals surface area contributed by atoms with Crippen molar-refractivity contribution < 1.29 is 19.1 Å². The summed E-state index contributed by atoms with van der Waals surface area (Å²) in [6, 6.07) is 6.66. The first-order chi connectivity index (χ1) is 9.39. The van der Waals surface area contributed by atoms with E-state index in [1.807, 2.05) is 13.8 Å². The van der Waals surface area contributed by atoms with Gasteiger partial charge in [-0.1, -0.05) is 13.8 Å². The second-order valence-corrected chi connectivity index (χ2v) is 5.71. The maximum Gasteiger partial charge on any atom is 0.343 e. The van der Waals surface area contributed by atoms with Gasteiger partial charge in [-0.2, -0.15) is 0 Å². The molecule has 0 atom stereocenters. The summed E-state index contributed by atoms with van der Waals surface area (Å²) in [6.45, 7) is 3.97. The highest BCUT2D eigenvalue weighted by molar-refractivity contribution is 5.94. The molecular formula is C16H18O4. The van der Waals surface area contributed by atoms with E-state index in [-0.39, 0.29) is 11.2 Å². The van der Waals surface area contributed by atoms with Crippen molar-refractivity contribution in [3.05, 3.63) is 41.7 Å². The fourth-order valence-electron chi connectivity index (χ4n) is 2.26. The molecule has 0 saturated carbocycles. The molecule has 20 heavy (non-hydrogen) atoms. The first kappa shape index (κ1) is 14.3. The van der Waals surface area contributed by atoms with Gasteiger partial charge in [0.1, 0.15) is 11.5 Å². The number of benzene rings is 1. The Labute approximate surface area is 118 Å². The molecule has 0 radical (unpaired) electrons. The van der Waals surface area contributed by atoms with Crippen LogP contribution in [0.2, 0.25) is 0 Å². The predicted octanol–water partition coefficient (Wildman–Crippen LogP) is 3.13. The smallest absolute Gasteiger partial charge is 0.343 e. The van der Waals surface area contributed by atoms with Crippen LogP contribution in [0.1, 0.15) is 37.0 Å². The molecule has 2 rings (SSSR count). The highest BCUT2D eigenvalue weighted by atomic mass is 16.5. The van der Waals surface area contributed by atoms with Gasteiger partial charge in [0.25, 0.3) is 0 Å². The minimum absolute atomic E-state index is 0.00113. The Kier molecular flexibility index (Phi) is 3.93. The number of methoxy groups -OCH3 is 1. The van der Waals surface area contributed by atoms with E-state index >= 15 is 0 Å². The lowest BCUT2D eigenvalue weighted by atomic mass is 9.79. The Hall–Kier alpha value is -2.10. The van der Waals surface area contributed by atoms with Crippen molar-refractivity contribution in [2.45, 2.75) is 26.7 Å². The fourth-order valence-corrected chi connectivity index (χ4v) is 2.26. The molecule has 0 aliphatic heterocycles. The van der Waals surface area contributed by atoms with Crippen molar-refractivity contribution >= 4 is 11.8 Å². The van der Waals surface area contributed by atoms with Gasteiger partial charge in [-0.05, 0) is 29.7 Å². The molecule has 0 fully saturated rings. The van der Waals surface area contributed by atoms with Crippen molar-refractivity contribution in [3.8, 4) is 5.75 Å². The molecule has 4 nitrogen and oxygen atoms in total. The molecule has 1 aliphatic rings. The van der Waals surface area contributed by atoms with Gasteiger partial charge in [0.05, 0.1) is 12.7 Å². The number of ketones is 1. The standard InChI is InChI=1S/C16H18O4/c1-16(2)9-12(17)8-14(10-16)20-15(18)11-4-6-13(19-3)7-5-11/h4-8H,9-10H2,1-3H3. The number of hydrogen-bond acceptors (Lipinski definition) is 4. The number of esters is 1. The van der Waals surface area contributed by atoms with Gasteiger partial charge in [0.15, 0.2) is 5.78 Å². The van der Waals surface area contributed by atoms with E-state index in [9.17, 15) is 9.59 Å². The minimum atomic E-state index is -0.454. The molecular weight excluding hydrogens is 256 g/mol. The summed E-state index contributed by atoms with van der Waals surface area (Å²) in [6.07, 6.45) is 2.49. The van der Waals surface area contributed by atoms with Crippen LogP contribution in [-0.2, 0) is 9.53 Å². The Morgan fingerprint density at radius 2 is 1.80 bits per heavy atom. The van der Waals surface area contributed by atoms with Gasteiger partial charge < -0.3 is 9.47 Å². The van der Waals surface area contributed by atoms with Gasteiger partial charge in [-0.25, -0.2) is 4.79 Å². The summed E-state index contributed by atoms with van der Waals surface area (Å²) in [4.78, 5) is 23.6. The van der Waals surface area contributed by atoms with Gasteiger partial charge >= 0.3 is 5.97 Å². The summed E-state index contributed by atoms with van der Waals surface area (Å²) in [5.41, 5.74) is 0.268. The van der Waals surface area contributed by atoms with E-state index in [1.54, 1.807) is 31.4 Å². The molecule has 106 valence electrons. The van der Waals surface area contributed by atoms with Gasteiger partial charge in [-0.3, -0.25) is 4.79 Å². The molecule has 0 saturated heterocycles. The third-order valence-electron chi connectivity index (χ3n) is 3.18. The first-order valence-corrected chi connectivity index (χ1v) is 6.49. The van der Waals surface area contributed by atoms with Crippen LogP contribution in [0.15, 0.2) is 36.1 Å². The minimum Gasteiger partial charge on any atom is -0.497 e. The van der Waals surface area contributed by atoms with E-state index in [0.29, 0.717) is 29.9 Å². The number of hydrogen-bond donors (Lipinski definition) is 0. The maximum atomic E-state index is 12.0. The number of rotatable bonds is 3. The highest BCUT2D eigenvalue weighted by Gasteiger charge is 2.29. The lowest BCUT2D eigenvalue weighted by Gasteiger charge is -2.27. The van der Waals surface area contributed by atoms with Crippen molar-refractivity contribution in [2.75, 3.05) is 7.11 Å². The van der Waals surface area contributed by atoms with Crippen LogP contribution in [0.25, 0.3) is 0 Å². The van der Waals surface area contributed by atoms with Gasteiger partial charge in [-0.15, -0.1) is 0 Å². The SMILES string of the molecule is COc1ccc(C(=O)OC2=CC(=O)CC(C)(C)C2)cc1. The predicted molar refractivity (Wildman–Crippen MR) is 74.5 cm³/mol. The van der Waals surface area contributed by atoms with Crippen LogP contribution >= 0.6 is 0 Å². The number of ether oxygens (including phenoxy) is 2. The second kappa shape index (κ2) is 5.49. The van der Waals surface area contributed by atoms with Crippen molar-refractivity contribution in [3.63, 3.8) is 0 Å². The first-order valence-electron chi connectivity index (χ1n) is 6.49. The summed E-state index contributed by atoms with van der Waals surface area (Å²) in [7, 11) is 1.56. The van der Waals surface area contributed by atoms with Crippen LogP contribution in [0.3, 0.4) is 0 Å². The molecule has 0 unspecified atom stereocenters. The van der Waals surface area contributed by atoms with Crippen LogP contribution < -0.4 is 4.74 Å². The fraction of sp³-hybridized carbons (Fsp3) is 0.375. The number of carbonyl (C=O) groups excluding carboxylic acids is 2. The lowest BCUT2D eigenvalue weighted by molar-refractivity contribution is -0.117. The zero-order valence-electron chi connectivity index (χ0n) is 11.9. The maximum absolute atomic E-state index is 12.0. The summed E-state index contributed by atoms with van der Waals surface area (Å²) >= 11 is 0. The van der Waals surface area contributed by atoms with Gasteiger partial charge in [0.2, 0.25) is 0 Å². The summed E-state index contributed by atoms with van der Waals surface area (Å²) < 4.78 is 10.3. The summed E-state index contributed by atoms with van der Waals surface area (Å²) in [5.74, 6) is 0.657. The Balaban J connectivity index is 2.09. The second-order valence-electron chi connectivity index (χ2n) is 5.71. The van der Waals surface area contributed by atoms with Crippen molar-refractivity contribution in [2.24, 2.45) is 5.41 Å². The molecule has 0 amide bonds. The van der Waals surface area contributed by atoms with E-state index in [4.69, 9.17) is 9.47 Å². The Morgan fingerprint density at radius 1 is 1.15 bits per heavy atom. The third kappa shape index (κ3) is 3.47. The molecule has 4 heteroatoms. The largest absolute Gasteiger partial charge is 0.497 e. The molecule has 1 aliphatic carbocycles. The van der Waals surface area contributed by atoms with Crippen LogP contribution in [0.5, 0.6) is 5.75 Å². The van der Waals surface area contributed by atoms with Crippen molar-refractivity contribution in [1.82, 2.24) is 0 Å². The van der Waals surface area contributed by atoms with E-state index in [0.717, 1.165) is 0 Å². The zero-order chi connectivity index (χ0) is 14.8. The Bertz CT molecular complexity index is 552. The molecule has 0 aromatic heterocycles. The normalized spacial score (nSPS) is 17.4. The van der Waals surface area contributed by atoms with E-state index in [1.165, 1.54) is 6.08 Å². The molecule has 0 heterocycles.